The van der Waals surface area contributed by atoms with E-state index in [0.29, 0.717) is 16.7 Å². The predicted molar refractivity (Wildman–Crippen MR) is 69.4 cm³/mol. The smallest absolute Gasteiger partial charge is 0.321 e. The Kier molecular flexibility index (Phi) is 3.95. The molecule has 0 radical (unpaired) electrons. The quantitative estimate of drug-likeness (QED) is 0.898. The van der Waals surface area contributed by atoms with Gasteiger partial charge in [-0.15, -0.1) is 11.3 Å². The summed E-state index contributed by atoms with van der Waals surface area (Å²) >= 11 is 7.21. The summed E-state index contributed by atoms with van der Waals surface area (Å²) in [5, 5.41) is 8.39. The van der Waals surface area contributed by atoms with Gasteiger partial charge < -0.3 is 5.32 Å². The van der Waals surface area contributed by atoms with Gasteiger partial charge in [0.1, 0.15) is 0 Å². The number of benzene rings is 1. The van der Waals surface area contributed by atoms with E-state index in [1.54, 1.807) is 17.6 Å². The van der Waals surface area contributed by atoms with Crippen LogP contribution in [0.2, 0.25) is 5.02 Å². The van der Waals surface area contributed by atoms with Gasteiger partial charge in [0.05, 0.1) is 0 Å². The van der Waals surface area contributed by atoms with E-state index in [2.05, 4.69) is 15.6 Å². The largest absolute Gasteiger partial charge is 0.334 e. The average Bonchev–Trinajstić information content (AvgIpc) is 2.79. The molecule has 2 rings (SSSR count). The van der Waals surface area contributed by atoms with E-state index in [0.717, 1.165) is 5.56 Å². The van der Waals surface area contributed by atoms with E-state index in [9.17, 15) is 4.79 Å². The van der Waals surface area contributed by atoms with Crippen LogP contribution in [-0.2, 0) is 6.54 Å². The van der Waals surface area contributed by atoms with Crippen molar-refractivity contribution in [3.8, 4) is 0 Å². The molecule has 0 unspecified atom stereocenters. The minimum absolute atomic E-state index is 0.278. The van der Waals surface area contributed by atoms with Gasteiger partial charge in [0.2, 0.25) is 0 Å². The lowest BCUT2D eigenvalue weighted by Gasteiger charge is -2.05. The second-order valence-corrected chi connectivity index (χ2v) is 4.61. The number of nitrogens with one attached hydrogen (secondary N) is 2. The van der Waals surface area contributed by atoms with Crippen LogP contribution in [0.4, 0.5) is 9.93 Å². The number of carbonyl (C=O) groups is 1. The van der Waals surface area contributed by atoms with Crippen LogP contribution in [0.3, 0.4) is 0 Å². The van der Waals surface area contributed by atoms with Crippen molar-refractivity contribution >= 4 is 34.1 Å². The number of hydrogen-bond acceptors (Lipinski definition) is 3. The number of nitrogens with zero attached hydrogens (tertiary/aromatic N) is 1. The molecule has 0 aliphatic heterocycles. The Morgan fingerprint density at radius 2 is 2.35 bits per heavy atom. The number of thiazole rings is 1. The van der Waals surface area contributed by atoms with Crippen LogP contribution in [0.5, 0.6) is 0 Å². The summed E-state index contributed by atoms with van der Waals surface area (Å²) in [4.78, 5) is 15.4. The topological polar surface area (TPSA) is 54.0 Å². The molecule has 0 bridgehead atoms. The first-order chi connectivity index (χ1) is 8.24. The molecule has 1 aromatic carbocycles. The van der Waals surface area contributed by atoms with Gasteiger partial charge in [-0.2, -0.15) is 0 Å². The Morgan fingerprint density at radius 3 is 3.06 bits per heavy atom. The minimum Gasteiger partial charge on any atom is -0.334 e. The first-order valence-electron chi connectivity index (χ1n) is 4.93. The Hall–Kier alpha value is -1.59. The Balaban J connectivity index is 1.84. The third-order valence-electron chi connectivity index (χ3n) is 1.99. The minimum atomic E-state index is -0.278. The number of hydrogen-bond donors (Lipinski definition) is 2. The number of aromatic nitrogens is 1. The van der Waals surface area contributed by atoms with Gasteiger partial charge in [0.15, 0.2) is 5.13 Å². The van der Waals surface area contributed by atoms with Crippen LogP contribution in [-0.4, -0.2) is 11.0 Å². The second kappa shape index (κ2) is 5.65. The Bertz CT molecular complexity index is 501. The van der Waals surface area contributed by atoms with Gasteiger partial charge >= 0.3 is 6.03 Å². The highest BCUT2D eigenvalue weighted by Crippen LogP contribution is 2.11. The van der Waals surface area contributed by atoms with Crippen LogP contribution in [0.25, 0.3) is 0 Å². The molecule has 2 N–H and O–H groups in total. The van der Waals surface area contributed by atoms with Crippen LogP contribution in [0, 0.1) is 0 Å². The molecule has 0 aliphatic rings. The van der Waals surface area contributed by atoms with Crippen molar-refractivity contribution in [3.05, 3.63) is 46.4 Å². The SMILES string of the molecule is O=C(NCc1cccc(Cl)c1)Nc1nccs1. The highest BCUT2D eigenvalue weighted by molar-refractivity contribution is 7.13. The van der Waals surface area contributed by atoms with E-state index in [1.165, 1.54) is 11.3 Å². The van der Waals surface area contributed by atoms with E-state index in [4.69, 9.17) is 11.6 Å². The van der Waals surface area contributed by atoms with Crippen molar-refractivity contribution in [1.29, 1.82) is 0 Å². The normalized spacial score (nSPS) is 9.94. The molecular weight excluding hydrogens is 258 g/mol. The summed E-state index contributed by atoms with van der Waals surface area (Å²) in [7, 11) is 0. The lowest BCUT2D eigenvalue weighted by molar-refractivity contribution is 0.251. The summed E-state index contributed by atoms with van der Waals surface area (Å²) in [6.07, 6.45) is 1.64. The number of amides is 2. The number of urea groups is 1. The first kappa shape index (κ1) is 11.9. The molecule has 0 spiro atoms. The van der Waals surface area contributed by atoms with Crippen LogP contribution in [0.15, 0.2) is 35.8 Å². The lowest BCUT2D eigenvalue weighted by Crippen LogP contribution is -2.28. The van der Waals surface area contributed by atoms with Crippen molar-refractivity contribution < 1.29 is 4.79 Å². The standard InChI is InChI=1S/C11H10ClN3OS/c12-9-3-1-2-8(6-9)7-14-10(16)15-11-13-4-5-17-11/h1-6H,7H2,(H2,13,14,15,16). The summed E-state index contributed by atoms with van der Waals surface area (Å²) in [5.41, 5.74) is 0.951. The number of anilines is 1. The van der Waals surface area contributed by atoms with Crippen LogP contribution < -0.4 is 10.6 Å². The van der Waals surface area contributed by atoms with Gasteiger partial charge in [-0.05, 0) is 17.7 Å². The maximum absolute atomic E-state index is 11.5. The summed E-state index contributed by atoms with van der Waals surface area (Å²) in [5.74, 6) is 0. The molecular formula is C11H10ClN3OS. The molecule has 2 amide bonds. The molecule has 6 heteroatoms. The van der Waals surface area contributed by atoms with Gasteiger partial charge in [-0.1, -0.05) is 23.7 Å². The molecule has 4 nitrogen and oxygen atoms in total. The van der Waals surface area contributed by atoms with Crippen molar-refractivity contribution in [1.82, 2.24) is 10.3 Å². The van der Waals surface area contributed by atoms with Gasteiger partial charge in [0, 0.05) is 23.1 Å². The fraction of sp³-hybridized carbons (Fsp3) is 0.0909. The van der Waals surface area contributed by atoms with Gasteiger partial charge in [0.25, 0.3) is 0 Å². The highest BCUT2D eigenvalue weighted by Gasteiger charge is 2.03. The Labute approximate surface area is 108 Å². The molecule has 0 aliphatic carbocycles. The molecule has 1 heterocycles. The molecule has 0 fully saturated rings. The summed E-state index contributed by atoms with van der Waals surface area (Å²) in [6, 6.07) is 7.07. The van der Waals surface area contributed by atoms with Crippen molar-refractivity contribution in [2.75, 3.05) is 5.32 Å². The highest BCUT2D eigenvalue weighted by atomic mass is 35.5. The fourth-order valence-electron chi connectivity index (χ4n) is 1.26. The molecule has 0 atom stereocenters. The zero-order valence-electron chi connectivity index (χ0n) is 8.81. The van der Waals surface area contributed by atoms with Crippen molar-refractivity contribution in [2.24, 2.45) is 0 Å². The van der Waals surface area contributed by atoms with E-state index in [1.807, 2.05) is 18.2 Å². The van der Waals surface area contributed by atoms with E-state index < -0.39 is 0 Å². The zero-order valence-corrected chi connectivity index (χ0v) is 10.4. The zero-order chi connectivity index (χ0) is 12.1. The van der Waals surface area contributed by atoms with Crippen LogP contribution >= 0.6 is 22.9 Å². The van der Waals surface area contributed by atoms with Crippen molar-refractivity contribution in [3.63, 3.8) is 0 Å². The lowest BCUT2D eigenvalue weighted by atomic mass is 10.2. The molecule has 0 saturated carbocycles. The van der Waals surface area contributed by atoms with E-state index in [-0.39, 0.29) is 6.03 Å². The fourth-order valence-corrected chi connectivity index (χ4v) is 1.99. The van der Waals surface area contributed by atoms with Gasteiger partial charge in [-0.25, -0.2) is 9.78 Å². The Morgan fingerprint density at radius 1 is 1.47 bits per heavy atom. The molecule has 1 aromatic heterocycles. The first-order valence-corrected chi connectivity index (χ1v) is 6.18. The summed E-state index contributed by atoms with van der Waals surface area (Å²) < 4.78 is 0. The maximum Gasteiger partial charge on any atom is 0.321 e. The third-order valence-corrected chi connectivity index (χ3v) is 2.92. The molecule has 0 saturated heterocycles. The molecule has 2 aromatic rings. The van der Waals surface area contributed by atoms with Crippen molar-refractivity contribution in [2.45, 2.75) is 6.54 Å². The monoisotopic (exact) mass is 267 g/mol. The third kappa shape index (κ3) is 3.72. The molecule has 88 valence electrons. The molecule has 17 heavy (non-hydrogen) atoms. The predicted octanol–water partition coefficient (Wildman–Crippen LogP) is 3.12. The maximum atomic E-state index is 11.5. The number of carbonyl (C=O) groups excluding carboxylic acids is 1. The van der Waals surface area contributed by atoms with E-state index >= 15 is 0 Å². The van der Waals surface area contributed by atoms with Crippen LogP contribution in [0.1, 0.15) is 5.56 Å². The second-order valence-electron chi connectivity index (χ2n) is 3.27. The number of halogens is 1. The number of rotatable bonds is 3. The van der Waals surface area contributed by atoms with Gasteiger partial charge in [-0.3, -0.25) is 5.32 Å². The summed E-state index contributed by atoms with van der Waals surface area (Å²) in [6.45, 7) is 0.428. The average molecular weight is 268 g/mol.